The Morgan fingerprint density at radius 1 is 0.903 bits per heavy atom. The summed E-state index contributed by atoms with van der Waals surface area (Å²) >= 11 is 0. The second-order valence-corrected chi connectivity index (χ2v) is 8.29. The van der Waals surface area contributed by atoms with E-state index in [2.05, 4.69) is 33.0 Å². The first kappa shape index (κ1) is 21.1. The minimum absolute atomic E-state index is 0.00309. The van der Waals surface area contributed by atoms with Gasteiger partial charge >= 0.3 is 0 Å². The number of fused-ring (bicyclic) bond motifs is 1. The van der Waals surface area contributed by atoms with E-state index >= 15 is 0 Å². The lowest BCUT2D eigenvalue weighted by Gasteiger charge is -2.34. The van der Waals surface area contributed by atoms with Gasteiger partial charge in [0.1, 0.15) is 0 Å². The molecular formula is C25H30N4O2. The lowest BCUT2D eigenvalue weighted by atomic mass is 10.1. The summed E-state index contributed by atoms with van der Waals surface area (Å²) in [6.07, 6.45) is 2.54. The molecule has 1 fully saturated rings. The summed E-state index contributed by atoms with van der Waals surface area (Å²) in [6, 6.07) is 16.3. The van der Waals surface area contributed by atoms with Gasteiger partial charge in [-0.05, 0) is 42.5 Å². The molecule has 6 heteroatoms. The maximum Gasteiger partial charge on any atom is 0.238 e. The molecule has 2 aromatic carbocycles. The van der Waals surface area contributed by atoms with E-state index in [0.29, 0.717) is 32.6 Å². The van der Waals surface area contributed by atoms with Crippen molar-refractivity contribution >= 4 is 28.4 Å². The van der Waals surface area contributed by atoms with Crippen molar-refractivity contribution in [2.24, 2.45) is 0 Å². The third-order valence-electron chi connectivity index (χ3n) is 6.08. The molecule has 0 atom stereocenters. The molecular weight excluding hydrogens is 388 g/mol. The average molecular weight is 419 g/mol. The second-order valence-electron chi connectivity index (χ2n) is 8.29. The SMILES string of the molecule is Cc1cccc(C)c1NC(=O)CN1CCN(C(=O)CCn2ccc3ccccc32)CC1. The summed E-state index contributed by atoms with van der Waals surface area (Å²) in [5.41, 5.74) is 4.20. The Bertz CT molecular complexity index is 1060. The maximum absolute atomic E-state index is 12.7. The fraction of sp³-hybridized carbons (Fsp3) is 0.360. The van der Waals surface area contributed by atoms with Crippen molar-refractivity contribution in [3.8, 4) is 0 Å². The second kappa shape index (κ2) is 9.35. The van der Waals surface area contributed by atoms with Crippen LogP contribution >= 0.6 is 0 Å². The molecule has 1 saturated heterocycles. The Hall–Kier alpha value is -3.12. The number of aryl methyl sites for hydroxylation is 3. The predicted octanol–water partition coefficient (Wildman–Crippen LogP) is 3.43. The van der Waals surface area contributed by atoms with Crippen molar-refractivity contribution in [3.63, 3.8) is 0 Å². The summed E-state index contributed by atoms with van der Waals surface area (Å²) in [5.74, 6) is 0.175. The molecule has 0 radical (unpaired) electrons. The Labute approximate surface area is 183 Å². The van der Waals surface area contributed by atoms with Crippen LogP contribution in [0.1, 0.15) is 17.5 Å². The highest BCUT2D eigenvalue weighted by Crippen LogP contribution is 2.19. The minimum atomic E-state index is -0.00309. The molecule has 0 saturated carbocycles. The van der Waals surface area contributed by atoms with Gasteiger partial charge in [0.2, 0.25) is 11.8 Å². The maximum atomic E-state index is 12.7. The molecule has 0 spiro atoms. The number of hydrogen-bond donors (Lipinski definition) is 1. The predicted molar refractivity (Wildman–Crippen MR) is 124 cm³/mol. The zero-order valence-electron chi connectivity index (χ0n) is 18.3. The summed E-state index contributed by atoms with van der Waals surface area (Å²) in [4.78, 5) is 29.2. The Balaban J connectivity index is 1.23. The van der Waals surface area contributed by atoms with Crippen LogP contribution in [-0.4, -0.2) is 58.9 Å². The van der Waals surface area contributed by atoms with E-state index in [1.54, 1.807) is 0 Å². The molecule has 2 amide bonds. The largest absolute Gasteiger partial charge is 0.347 e. The number of anilines is 1. The summed E-state index contributed by atoms with van der Waals surface area (Å²) in [5, 5.41) is 4.24. The first-order chi connectivity index (χ1) is 15.0. The average Bonchev–Trinajstić information content (AvgIpc) is 3.18. The third-order valence-corrected chi connectivity index (χ3v) is 6.08. The number of aromatic nitrogens is 1. The van der Waals surface area contributed by atoms with Crippen LogP contribution in [0.3, 0.4) is 0 Å². The molecule has 31 heavy (non-hydrogen) atoms. The molecule has 3 aromatic rings. The molecule has 1 aromatic heterocycles. The van der Waals surface area contributed by atoms with Crippen LogP contribution < -0.4 is 5.32 Å². The highest BCUT2D eigenvalue weighted by atomic mass is 16.2. The Kier molecular flexibility index (Phi) is 6.37. The van der Waals surface area contributed by atoms with E-state index in [9.17, 15) is 9.59 Å². The monoisotopic (exact) mass is 418 g/mol. The van der Waals surface area contributed by atoms with Crippen LogP contribution in [0.15, 0.2) is 54.7 Å². The molecule has 0 unspecified atom stereocenters. The highest BCUT2D eigenvalue weighted by molar-refractivity contribution is 5.93. The van der Waals surface area contributed by atoms with Gasteiger partial charge in [0, 0.05) is 56.5 Å². The number of rotatable bonds is 6. The van der Waals surface area contributed by atoms with E-state index in [0.717, 1.165) is 35.4 Å². The van der Waals surface area contributed by atoms with Gasteiger partial charge < -0.3 is 14.8 Å². The number of carbonyl (C=O) groups is 2. The van der Waals surface area contributed by atoms with Gasteiger partial charge in [0.05, 0.1) is 6.54 Å². The van der Waals surface area contributed by atoms with Gasteiger partial charge in [-0.25, -0.2) is 0 Å². The fourth-order valence-electron chi connectivity index (χ4n) is 4.26. The van der Waals surface area contributed by atoms with E-state index in [1.807, 2.05) is 55.3 Å². The van der Waals surface area contributed by atoms with Crippen LogP contribution in [0, 0.1) is 13.8 Å². The highest BCUT2D eigenvalue weighted by Gasteiger charge is 2.22. The van der Waals surface area contributed by atoms with Gasteiger partial charge in [-0.2, -0.15) is 0 Å². The summed E-state index contributed by atoms with van der Waals surface area (Å²) in [6.45, 7) is 7.82. The lowest BCUT2D eigenvalue weighted by molar-refractivity contribution is -0.133. The fourth-order valence-corrected chi connectivity index (χ4v) is 4.26. The minimum Gasteiger partial charge on any atom is -0.347 e. The van der Waals surface area contributed by atoms with Crippen molar-refractivity contribution in [2.45, 2.75) is 26.8 Å². The number of hydrogen-bond acceptors (Lipinski definition) is 3. The first-order valence-electron chi connectivity index (χ1n) is 10.9. The van der Waals surface area contributed by atoms with Crippen molar-refractivity contribution in [1.29, 1.82) is 0 Å². The molecule has 4 rings (SSSR count). The van der Waals surface area contributed by atoms with E-state index in [4.69, 9.17) is 0 Å². The number of nitrogens with one attached hydrogen (secondary N) is 1. The normalized spacial score (nSPS) is 14.7. The molecule has 6 nitrogen and oxygen atoms in total. The number of nitrogens with zero attached hydrogens (tertiary/aromatic N) is 3. The number of amides is 2. The Morgan fingerprint density at radius 3 is 2.35 bits per heavy atom. The van der Waals surface area contributed by atoms with E-state index < -0.39 is 0 Å². The molecule has 0 aliphatic carbocycles. The number of piperazine rings is 1. The van der Waals surface area contributed by atoms with Crippen molar-refractivity contribution < 1.29 is 9.59 Å². The molecule has 162 valence electrons. The smallest absolute Gasteiger partial charge is 0.238 e. The quantitative estimate of drug-likeness (QED) is 0.667. The molecule has 2 heterocycles. The molecule has 1 N–H and O–H groups in total. The first-order valence-corrected chi connectivity index (χ1v) is 10.9. The van der Waals surface area contributed by atoms with E-state index in [-0.39, 0.29) is 11.8 Å². The standard InChI is InChI=1S/C25H30N4O2/c1-19-6-5-7-20(2)25(19)26-23(30)18-27-14-16-29(17-15-27)24(31)11-13-28-12-10-21-8-3-4-9-22(21)28/h3-10,12H,11,13-18H2,1-2H3,(H,26,30). The number of carbonyl (C=O) groups excluding carboxylic acids is 2. The van der Waals surface area contributed by atoms with E-state index in [1.165, 1.54) is 5.39 Å². The molecule has 1 aliphatic heterocycles. The van der Waals surface area contributed by atoms with Crippen LogP contribution in [0.2, 0.25) is 0 Å². The number of para-hydroxylation sites is 2. The molecule has 1 aliphatic rings. The van der Waals surface area contributed by atoms with Gasteiger partial charge in [0.15, 0.2) is 0 Å². The summed E-state index contributed by atoms with van der Waals surface area (Å²) in [7, 11) is 0. The van der Waals surface area contributed by atoms with Gasteiger partial charge in [-0.15, -0.1) is 0 Å². The van der Waals surface area contributed by atoms with Crippen LogP contribution in [0.4, 0.5) is 5.69 Å². The third kappa shape index (κ3) is 4.97. The van der Waals surface area contributed by atoms with Gasteiger partial charge in [0.25, 0.3) is 0 Å². The topological polar surface area (TPSA) is 57.6 Å². The Morgan fingerprint density at radius 2 is 1.61 bits per heavy atom. The van der Waals surface area contributed by atoms with Gasteiger partial charge in [-0.3, -0.25) is 14.5 Å². The van der Waals surface area contributed by atoms with Crippen molar-refractivity contribution in [1.82, 2.24) is 14.4 Å². The lowest BCUT2D eigenvalue weighted by Crippen LogP contribution is -2.50. The zero-order chi connectivity index (χ0) is 21.8. The zero-order valence-corrected chi connectivity index (χ0v) is 18.3. The van der Waals surface area contributed by atoms with Crippen LogP contribution in [0.25, 0.3) is 10.9 Å². The van der Waals surface area contributed by atoms with Crippen molar-refractivity contribution in [2.75, 3.05) is 38.0 Å². The van der Waals surface area contributed by atoms with Crippen molar-refractivity contribution in [3.05, 3.63) is 65.9 Å². The number of benzene rings is 2. The van der Waals surface area contributed by atoms with Crippen LogP contribution in [-0.2, 0) is 16.1 Å². The van der Waals surface area contributed by atoms with Gasteiger partial charge in [-0.1, -0.05) is 36.4 Å². The summed E-state index contributed by atoms with van der Waals surface area (Å²) < 4.78 is 2.14. The molecule has 0 bridgehead atoms. The van der Waals surface area contributed by atoms with Crippen LogP contribution in [0.5, 0.6) is 0 Å².